The number of benzene rings is 2. The SMILES string of the molecule is COc1ccc(C(=NC(C)C)N2CCC(C)(C)c3cc(C4=NNC(=O)SC4C)ccc32)cc1Cl. The Morgan fingerprint density at radius 1 is 1.29 bits per heavy atom. The number of amides is 1. The van der Waals surface area contributed by atoms with Crippen molar-refractivity contribution in [2.75, 3.05) is 18.6 Å². The van der Waals surface area contributed by atoms with Crippen LogP contribution in [0.4, 0.5) is 10.5 Å². The second kappa shape index (κ2) is 9.62. The summed E-state index contributed by atoms with van der Waals surface area (Å²) in [6.45, 7) is 11.6. The molecule has 0 saturated carbocycles. The number of aliphatic imine (C=N–C) groups is 1. The number of ether oxygens (including phenoxy) is 1. The largest absolute Gasteiger partial charge is 0.495 e. The molecule has 1 amide bonds. The number of carbonyl (C=O) groups excluding carboxylic acids is 1. The van der Waals surface area contributed by atoms with E-state index in [2.05, 4.69) is 61.3 Å². The fourth-order valence-corrected chi connectivity index (χ4v) is 5.41. The third-order valence-electron chi connectivity index (χ3n) is 6.26. The highest BCUT2D eigenvalue weighted by Crippen LogP contribution is 2.42. The molecular weight excluding hydrogens is 468 g/mol. The van der Waals surface area contributed by atoms with E-state index in [1.165, 1.54) is 17.3 Å². The van der Waals surface area contributed by atoms with Gasteiger partial charge in [0.05, 0.1) is 23.1 Å². The Morgan fingerprint density at radius 3 is 2.71 bits per heavy atom. The lowest BCUT2D eigenvalue weighted by atomic mass is 9.76. The number of hydrogen-bond donors (Lipinski definition) is 1. The van der Waals surface area contributed by atoms with Crippen molar-refractivity contribution in [3.8, 4) is 5.75 Å². The summed E-state index contributed by atoms with van der Waals surface area (Å²) in [6, 6.07) is 12.4. The molecule has 0 fully saturated rings. The van der Waals surface area contributed by atoms with Crippen LogP contribution in [0, 0.1) is 0 Å². The molecule has 1 atom stereocenters. The molecule has 0 aromatic heterocycles. The van der Waals surface area contributed by atoms with Crippen LogP contribution < -0.4 is 15.1 Å². The van der Waals surface area contributed by atoms with Crippen molar-refractivity contribution < 1.29 is 9.53 Å². The summed E-state index contributed by atoms with van der Waals surface area (Å²) < 4.78 is 5.35. The molecule has 2 aromatic carbocycles. The summed E-state index contributed by atoms with van der Waals surface area (Å²) in [5.74, 6) is 1.54. The van der Waals surface area contributed by atoms with Gasteiger partial charge >= 0.3 is 0 Å². The molecule has 4 rings (SSSR count). The molecular formula is C26H31ClN4O2S. The van der Waals surface area contributed by atoms with E-state index in [9.17, 15) is 4.79 Å². The number of hydrogen-bond acceptors (Lipinski definition) is 5. The quantitative estimate of drug-likeness (QED) is 0.400. The van der Waals surface area contributed by atoms with E-state index in [1.807, 2.05) is 25.1 Å². The molecule has 2 aliphatic heterocycles. The summed E-state index contributed by atoms with van der Waals surface area (Å²) in [6.07, 6.45) is 0.970. The number of rotatable bonds is 4. The van der Waals surface area contributed by atoms with Crippen LogP contribution in [0.2, 0.25) is 5.02 Å². The monoisotopic (exact) mass is 498 g/mol. The predicted molar refractivity (Wildman–Crippen MR) is 143 cm³/mol. The van der Waals surface area contributed by atoms with Gasteiger partial charge < -0.3 is 9.64 Å². The minimum atomic E-state index is -0.117. The predicted octanol–water partition coefficient (Wildman–Crippen LogP) is 6.24. The highest BCUT2D eigenvalue weighted by Gasteiger charge is 2.35. The Balaban J connectivity index is 1.81. The molecule has 180 valence electrons. The summed E-state index contributed by atoms with van der Waals surface area (Å²) in [5, 5.41) is 4.80. The van der Waals surface area contributed by atoms with Crippen molar-refractivity contribution in [1.29, 1.82) is 0 Å². The second-order valence-electron chi connectivity index (χ2n) is 9.57. The second-order valence-corrected chi connectivity index (χ2v) is 11.3. The van der Waals surface area contributed by atoms with Gasteiger partial charge in [0.15, 0.2) is 0 Å². The van der Waals surface area contributed by atoms with Crippen molar-refractivity contribution in [1.82, 2.24) is 5.43 Å². The number of nitrogens with zero attached hydrogens (tertiary/aromatic N) is 3. The van der Waals surface area contributed by atoms with Crippen LogP contribution in [-0.4, -0.2) is 41.7 Å². The Labute approximate surface area is 210 Å². The van der Waals surface area contributed by atoms with E-state index in [0.29, 0.717) is 10.8 Å². The number of hydrazone groups is 1. The van der Waals surface area contributed by atoms with Crippen LogP contribution in [0.1, 0.15) is 57.7 Å². The Kier molecular flexibility index (Phi) is 6.97. The first-order chi connectivity index (χ1) is 16.1. The van der Waals surface area contributed by atoms with Crippen LogP contribution in [0.25, 0.3) is 0 Å². The number of halogens is 1. The first kappa shape index (κ1) is 24.6. The smallest absolute Gasteiger partial charge is 0.299 e. The molecule has 0 spiro atoms. The topological polar surface area (TPSA) is 66.3 Å². The first-order valence-electron chi connectivity index (χ1n) is 11.5. The van der Waals surface area contributed by atoms with Crippen molar-refractivity contribution in [3.05, 3.63) is 58.1 Å². The highest BCUT2D eigenvalue weighted by atomic mass is 35.5. The van der Waals surface area contributed by atoms with Crippen LogP contribution in [-0.2, 0) is 5.41 Å². The molecule has 6 nitrogen and oxygen atoms in total. The molecule has 2 aliphatic rings. The molecule has 34 heavy (non-hydrogen) atoms. The number of nitrogens with one attached hydrogen (secondary N) is 1. The van der Waals surface area contributed by atoms with Gasteiger partial charge in [-0.05, 0) is 74.1 Å². The van der Waals surface area contributed by atoms with E-state index >= 15 is 0 Å². The van der Waals surface area contributed by atoms with Gasteiger partial charge in [0, 0.05) is 23.8 Å². The zero-order valence-corrected chi connectivity index (χ0v) is 22.0. The number of fused-ring (bicyclic) bond motifs is 1. The first-order valence-corrected chi connectivity index (χ1v) is 12.7. The third-order valence-corrected chi connectivity index (χ3v) is 7.43. The van der Waals surface area contributed by atoms with Gasteiger partial charge in [-0.1, -0.05) is 43.3 Å². The van der Waals surface area contributed by atoms with Crippen molar-refractivity contribution in [3.63, 3.8) is 0 Å². The molecule has 2 aromatic rings. The molecule has 0 bridgehead atoms. The van der Waals surface area contributed by atoms with Gasteiger partial charge in [0.1, 0.15) is 11.6 Å². The lowest BCUT2D eigenvalue weighted by molar-refractivity contribution is 0.261. The Hall–Kier alpha value is -2.51. The standard InChI is InChI=1S/C26H31ClN4O2S/c1-15(2)28-24(18-8-10-22(33-6)20(27)14-18)31-12-11-26(4,5)19-13-17(7-9-21(19)31)23-16(3)34-25(32)30-29-23/h7-10,13-16H,11-12H2,1-6H3,(H,30,32). The number of anilines is 1. The van der Waals surface area contributed by atoms with Gasteiger partial charge in [-0.15, -0.1) is 0 Å². The van der Waals surface area contributed by atoms with E-state index in [1.54, 1.807) is 7.11 Å². The van der Waals surface area contributed by atoms with Gasteiger partial charge in [-0.3, -0.25) is 9.79 Å². The average molecular weight is 499 g/mol. The van der Waals surface area contributed by atoms with Crippen molar-refractivity contribution in [2.45, 2.75) is 57.7 Å². The average Bonchev–Trinajstić information content (AvgIpc) is 2.78. The van der Waals surface area contributed by atoms with Crippen LogP contribution in [0.15, 0.2) is 46.5 Å². The van der Waals surface area contributed by atoms with E-state index in [0.717, 1.165) is 41.3 Å². The molecule has 1 N–H and O–H groups in total. The van der Waals surface area contributed by atoms with Gasteiger partial charge in [0.25, 0.3) is 5.24 Å². The van der Waals surface area contributed by atoms with Gasteiger partial charge in [-0.25, -0.2) is 5.43 Å². The summed E-state index contributed by atoms with van der Waals surface area (Å²) in [4.78, 5) is 19.0. The lowest BCUT2D eigenvalue weighted by Crippen LogP contribution is -2.42. The normalized spacial score (nSPS) is 20.1. The summed E-state index contributed by atoms with van der Waals surface area (Å²) in [5.41, 5.74) is 7.84. The molecule has 1 unspecified atom stereocenters. The van der Waals surface area contributed by atoms with Crippen LogP contribution >= 0.6 is 23.4 Å². The molecule has 0 aliphatic carbocycles. The molecule has 0 radical (unpaired) electrons. The minimum absolute atomic E-state index is 0.00545. The fraction of sp³-hybridized carbons (Fsp3) is 0.423. The Bertz CT molecular complexity index is 1180. The maximum absolute atomic E-state index is 11.7. The number of methoxy groups -OCH3 is 1. The van der Waals surface area contributed by atoms with Crippen LogP contribution in [0.5, 0.6) is 5.75 Å². The zero-order valence-electron chi connectivity index (χ0n) is 20.5. The molecule has 2 heterocycles. The van der Waals surface area contributed by atoms with Gasteiger partial charge in [0.2, 0.25) is 0 Å². The summed E-state index contributed by atoms with van der Waals surface area (Å²) >= 11 is 7.74. The third kappa shape index (κ3) is 4.82. The summed E-state index contributed by atoms with van der Waals surface area (Å²) in [7, 11) is 1.62. The number of amidine groups is 1. The van der Waals surface area contributed by atoms with Crippen molar-refractivity contribution >= 4 is 45.8 Å². The molecule has 0 saturated heterocycles. The van der Waals surface area contributed by atoms with Crippen LogP contribution in [0.3, 0.4) is 0 Å². The number of carbonyl (C=O) groups is 1. The molecule has 8 heteroatoms. The zero-order chi connectivity index (χ0) is 24.6. The van der Waals surface area contributed by atoms with E-state index in [-0.39, 0.29) is 21.9 Å². The van der Waals surface area contributed by atoms with E-state index < -0.39 is 0 Å². The number of thioether (sulfide) groups is 1. The lowest BCUT2D eigenvalue weighted by Gasteiger charge is -2.41. The maximum atomic E-state index is 11.7. The maximum Gasteiger partial charge on any atom is 0.299 e. The van der Waals surface area contributed by atoms with Crippen molar-refractivity contribution in [2.24, 2.45) is 10.1 Å². The highest BCUT2D eigenvalue weighted by molar-refractivity contribution is 8.14. The Morgan fingerprint density at radius 2 is 2.06 bits per heavy atom. The minimum Gasteiger partial charge on any atom is -0.495 e. The fourth-order valence-electron chi connectivity index (χ4n) is 4.43. The van der Waals surface area contributed by atoms with E-state index in [4.69, 9.17) is 21.3 Å². The van der Waals surface area contributed by atoms with Gasteiger partial charge in [-0.2, -0.15) is 5.10 Å².